The summed E-state index contributed by atoms with van der Waals surface area (Å²) in [6.07, 6.45) is 1.82. The molecule has 1 atom stereocenters. The SMILES string of the molecule is Cn1nc(C(=O)N2CCO[C@H](CCc3ccccc3)C2)ccc1=O. The van der Waals surface area contributed by atoms with Crippen molar-refractivity contribution in [1.29, 1.82) is 0 Å². The fourth-order valence-electron chi connectivity index (χ4n) is 2.83. The predicted molar refractivity (Wildman–Crippen MR) is 89.9 cm³/mol. The van der Waals surface area contributed by atoms with Gasteiger partial charge in [0.25, 0.3) is 11.5 Å². The molecule has 0 bridgehead atoms. The molecule has 0 aliphatic carbocycles. The molecule has 1 aromatic heterocycles. The molecule has 1 aromatic carbocycles. The first-order chi connectivity index (χ1) is 11.6. The van der Waals surface area contributed by atoms with Gasteiger partial charge in [-0.05, 0) is 24.5 Å². The second kappa shape index (κ2) is 7.40. The molecular formula is C18H21N3O3. The molecule has 3 rings (SSSR count). The smallest absolute Gasteiger partial charge is 0.274 e. The van der Waals surface area contributed by atoms with Crippen molar-refractivity contribution in [2.24, 2.45) is 7.05 Å². The molecule has 2 aromatic rings. The fourth-order valence-corrected chi connectivity index (χ4v) is 2.83. The van der Waals surface area contributed by atoms with E-state index in [1.54, 1.807) is 11.9 Å². The summed E-state index contributed by atoms with van der Waals surface area (Å²) in [5.41, 5.74) is 1.33. The summed E-state index contributed by atoms with van der Waals surface area (Å²) in [4.78, 5) is 25.7. The first kappa shape index (κ1) is 16.4. The highest BCUT2D eigenvalue weighted by atomic mass is 16.5. The van der Waals surface area contributed by atoms with Crippen molar-refractivity contribution >= 4 is 5.91 Å². The third kappa shape index (κ3) is 3.89. The van der Waals surface area contributed by atoms with E-state index in [0.717, 1.165) is 12.8 Å². The second-order valence-corrected chi connectivity index (χ2v) is 5.95. The maximum atomic E-state index is 12.6. The summed E-state index contributed by atoms with van der Waals surface area (Å²) >= 11 is 0. The van der Waals surface area contributed by atoms with Crippen LogP contribution in [0.1, 0.15) is 22.5 Å². The van der Waals surface area contributed by atoms with Crippen LogP contribution in [-0.4, -0.2) is 46.4 Å². The summed E-state index contributed by atoms with van der Waals surface area (Å²) in [5.74, 6) is -0.154. The number of hydrogen-bond donors (Lipinski definition) is 0. The molecule has 1 aliphatic rings. The molecule has 0 spiro atoms. The number of ether oxygens (including phenoxy) is 1. The van der Waals surface area contributed by atoms with Gasteiger partial charge in [0.2, 0.25) is 0 Å². The van der Waals surface area contributed by atoms with Gasteiger partial charge in [0.1, 0.15) is 5.69 Å². The Balaban J connectivity index is 1.61. The van der Waals surface area contributed by atoms with Crippen LogP contribution < -0.4 is 5.56 Å². The quantitative estimate of drug-likeness (QED) is 0.848. The van der Waals surface area contributed by atoms with Gasteiger partial charge in [-0.15, -0.1) is 0 Å². The van der Waals surface area contributed by atoms with Crippen molar-refractivity contribution in [3.05, 3.63) is 64.1 Å². The highest BCUT2D eigenvalue weighted by Crippen LogP contribution is 2.14. The van der Waals surface area contributed by atoms with Gasteiger partial charge < -0.3 is 9.64 Å². The van der Waals surface area contributed by atoms with E-state index in [1.165, 1.54) is 22.4 Å². The number of benzene rings is 1. The maximum Gasteiger partial charge on any atom is 0.274 e. The van der Waals surface area contributed by atoms with Gasteiger partial charge in [0.15, 0.2) is 0 Å². The molecule has 1 saturated heterocycles. The third-order valence-corrected chi connectivity index (χ3v) is 4.20. The number of aromatic nitrogens is 2. The molecule has 24 heavy (non-hydrogen) atoms. The Hall–Kier alpha value is -2.47. The van der Waals surface area contributed by atoms with E-state index < -0.39 is 0 Å². The lowest BCUT2D eigenvalue weighted by atomic mass is 10.1. The van der Waals surface area contributed by atoms with E-state index in [1.807, 2.05) is 18.2 Å². The van der Waals surface area contributed by atoms with Crippen molar-refractivity contribution < 1.29 is 9.53 Å². The van der Waals surface area contributed by atoms with Gasteiger partial charge in [-0.1, -0.05) is 30.3 Å². The number of carbonyl (C=O) groups is 1. The van der Waals surface area contributed by atoms with E-state index in [2.05, 4.69) is 17.2 Å². The van der Waals surface area contributed by atoms with E-state index in [9.17, 15) is 9.59 Å². The molecule has 1 aliphatic heterocycles. The highest BCUT2D eigenvalue weighted by molar-refractivity contribution is 5.92. The normalized spacial score (nSPS) is 17.7. The second-order valence-electron chi connectivity index (χ2n) is 5.95. The lowest BCUT2D eigenvalue weighted by Crippen LogP contribution is -2.46. The number of aryl methyl sites for hydroxylation is 2. The standard InChI is InChI=1S/C18H21N3O3/c1-20-17(22)10-9-16(19-20)18(23)21-11-12-24-15(13-21)8-7-14-5-3-2-4-6-14/h2-6,9-10,15H,7-8,11-13H2,1H3/t15-/m1/s1. The lowest BCUT2D eigenvalue weighted by molar-refractivity contribution is -0.0248. The summed E-state index contributed by atoms with van der Waals surface area (Å²) in [5, 5.41) is 4.04. The van der Waals surface area contributed by atoms with E-state index in [4.69, 9.17) is 4.74 Å². The molecule has 0 N–H and O–H groups in total. The lowest BCUT2D eigenvalue weighted by Gasteiger charge is -2.32. The molecule has 0 radical (unpaired) electrons. The van der Waals surface area contributed by atoms with Crippen LogP contribution in [0.2, 0.25) is 0 Å². The monoisotopic (exact) mass is 327 g/mol. The van der Waals surface area contributed by atoms with Crippen molar-refractivity contribution in [3.63, 3.8) is 0 Å². The molecule has 2 heterocycles. The molecule has 0 saturated carbocycles. The minimum Gasteiger partial charge on any atom is -0.375 e. The maximum absolute atomic E-state index is 12.6. The average molecular weight is 327 g/mol. The van der Waals surface area contributed by atoms with E-state index in [-0.39, 0.29) is 17.6 Å². The molecular weight excluding hydrogens is 306 g/mol. The van der Waals surface area contributed by atoms with Gasteiger partial charge in [-0.2, -0.15) is 5.10 Å². The zero-order valence-corrected chi connectivity index (χ0v) is 13.7. The van der Waals surface area contributed by atoms with Crippen LogP contribution >= 0.6 is 0 Å². The molecule has 6 heteroatoms. The van der Waals surface area contributed by atoms with Crippen molar-refractivity contribution in [2.45, 2.75) is 18.9 Å². The Morgan fingerprint density at radius 1 is 1.25 bits per heavy atom. The average Bonchev–Trinajstić information content (AvgIpc) is 2.63. The highest BCUT2D eigenvalue weighted by Gasteiger charge is 2.25. The van der Waals surface area contributed by atoms with Crippen LogP contribution in [-0.2, 0) is 18.2 Å². The molecule has 1 fully saturated rings. The Labute approximate surface area is 140 Å². The number of nitrogens with zero attached hydrogens (tertiary/aromatic N) is 3. The molecule has 0 unspecified atom stereocenters. The van der Waals surface area contributed by atoms with Crippen LogP contribution in [0, 0.1) is 0 Å². The largest absolute Gasteiger partial charge is 0.375 e. The van der Waals surface area contributed by atoms with Crippen molar-refractivity contribution in [2.75, 3.05) is 19.7 Å². The summed E-state index contributed by atoms with van der Waals surface area (Å²) in [6.45, 7) is 1.62. The van der Waals surface area contributed by atoms with Gasteiger partial charge in [0.05, 0.1) is 12.7 Å². The van der Waals surface area contributed by atoms with E-state index in [0.29, 0.717) is 25.4 Å². The van der Waals surface area contributed by atoms with Crippen LogP contribution in [0.4, 0.5) is 0 Å². The number of morpholine rings is 1. The number of amides is 1. The van der Waals surface area contributed by atoms with Gasteiger partial charge in [0, 0.05) is 26.2 Å². The first-order valence-electron chi connectivity index (χ1n) is 8.12. The Kier molecular flexibility index (Phi) is 5.05. The zero-order valence-electron chi connectivity index (χ0n) is 13.7. The number of rotatable bonds is 4. The Morgan fingerprint density at radius 2 is 2.04 bits per heavy atom. The van der Waals surface area contributed by atoms with Crippen LogP contribution in [0.15, 0.2) is 47.3 Å². The summed E-state index contributed by atoms with van der Waals surface area (Å²) in [6, 6.07) is 13.1. The Bertz CT molecular complexity index is 758. The predicted octanol–water partition coefficient (Wildman–Crippen LogP) is 1.25. The van der Waals surface area contributed by atoms with Gasteiger partial charge >= 0.3 is 0 Å². The zero-order chi connectivity index (χ0) is 16.9. The third-order valence-electron chi connectivity index (χ3n) is 4.20. The molecule has 6 nitrogen and oxygen atoms in total. The first-order valence-corrected chi connectivity index (χ1v) is 8.12. The summed E-state index contributed by atoms with van der Waals surface area (Å²) in [7, 11) is 1.54. The van der Waals surface area contributed by atoms with Crippen molar-refractivity contribution in [3.8, 4) is 0 Å². The van der Waals surface area contributed by atoms with Crippen LogP contribution in [0.5, 0.6) is 0 Å². The summed E-state index contributed by atoms with van der Waals surface area (Å²) < 4.78 is 6.97. The Morgan fingerprint density at radius 3 is 2.79 bits per heavy atom. The minimum absolute atomic E-state index is 0.0236. The number of hydrogen-bond acceptors (Lipinski definition) is 4. The number of carbonyl (C=O) groups excluding carboxylic acids is 1. The van der Waals surface area contributed by atoms with Gasteiger partial charge in [-0.3, -0.25) is 9.59 Å². The van der Waals surface area contributed by atoms with Crippen LogP contribution in [0.3, 0.4) is 0 Å². The van der Waals surface area contributed by atoms with Crippen LogP contribution in [0.25, 0.3) is 0 Å². The van der Waals surface area contributed by atoms with Gasteiger partial charge in [-0.25, -0.2) is 4.68 Å². The van der Waals surface area contributed by atoms with E-state index >= 15 is 0 Å². The topological polar surface area (TPSA) is 64.4 Å². The van der Waals surface area contributed by atoms with Crippen molar-refractivity contribution in [1.82, 2.24) is 14.7 Å². The minimum atomic E-state index is -0.228. The molecule has 1 amide bonds. The molecule has 126 valence electrons. The fraction of sp³-hybridized carbons (Fsp3) is 0.389.